The lowest BCUT2D eigenvalue weighted by Crippen LogP contribution is -2.32. The number of hydrogen-bond acceptors (Lipinski definition) is 5. The maximum absolute atomic E-state index is 12.5. The highest BCUT2D eigenvalue weighted by molar-refractivity contribution is 5.51. The van der Waals surface area contributed by atoms with Crippen LogP contribution in [0.1, 0.15) is 5.82 Å². The molecule has 0 aliphatic heterocycles. The minimum absolute atomic E-state index is 0.0294. The van der Waals surface area contributed by atoms with Gasteiger partial charge in [0.2, 0.25) is 0 Å². The normalized spacial score (nSPS) is 11.4. The van der Waals surface area contributed by atoms with Crippen molar-refractivity contribution in [2.75, 3.05) is 24.6 Å². The first kappa shape index (κ1) is 13.4. The summed E-state index contributed by atoms with van der Waals surface area (Å²) in [5, 5.41) is 14.9. The largest absolute Gasteiger partial charge is 0.395 e. The summed E-state index contributed by atoms with van der Waals surface area (Å²) in [5.41, 5.74) is -0.140. The van der Waals surface area contributed by atoms with E-state index in [2.05, 4.69) is 15.2 Å². The first-order valence-electron chi connectivity index (χ1n) is 5.61. The zero-order valence-electron chi connectivity index (χ0n) is 10.2. The highest BCUT2D eigenvalue weighted by Gasteiger charge is 2.16. The van der Waals surface area contributed by atoms with Gasteiger partial charge in [0.05, 0.1) is 13.2 Å². The zero-order chi connectivity index (χ0) is 14.0. The molecule has 0 saturated heterocycles. The second-order valence-electron chi connectivity index (χ2n) is 3.94. The van der Waals surface area contributed by atoms with Crippen LogP contribution in [0, 0.1) is 6.92 Å². The number of rotatable bonds is 5. The summed E-state index contributed by atoms with van der Waals surface area (Å²) in [7, 11) is 0. The third-order valence-corrected chi connectivity index (χ3v) is 2.61. The predicted molar refractivity (Wildman–Crippen MR) is 63.6 cm³/mol. The van der Waals surface area contributed by atoms with Crippen molar-refractivity contribution in [3.8, 4) is 0 Å². The van der Waals surface area contributed by atoms with E-state index in [9.17, 15) is 13.6 Å². The van der Waals surface area contributed by atoms with E-state index in [0.717, 1.165) is 0 Å². The molecule has 104 valence electrons. The molecule has 2 heterocycles. The van der Waals surface area contributed by atoms with E-state index in [1.165, 1.54) is 15.4 Å². The Balaban J connectivity index is 2.45. The Labute approximate surface area is 106 Å². The van der Waals surface area contributed by atoms with Gasteiger partial charge in [-0.2, -0.15) is 5.10 Å². The number of aryl methyl sites for hydroxylation is 1. The molecule has 0 unspecified atom stereocenters. The Morgan fingerprint density at radius 3 is 2.95 bits per heavy atom. The minimum atomic E-state index is -2.55. The molecule has 0 fully saturated rings. The van der Waals surface area contributed by atoms with Crippen LogP contribution in [0.25, 0.3) is 5.65 Å². The van der Waals surface area contributed by atoms with E-state index < -0.39 is 18.7 Å². The molecule has 0 saturated carbocycles. The molecule has 0 aliphatic carbocycles. The number of anilines is 1. The first-order chi connectivity index (χ1) is 9.02. The van der Waals surface area contributed by atoms with Crippen LogP contribution in [-0.4, -0.2) is 50.8 Å². The van der Waals surface area contributed by atoms with Crippen LogP contribution >= 0.6 is 0 Å². The van der Waals surface area contributed by atoms with Crippen molar-refractivity contribution in [2.45, 2.75) is 13.3 Å². The van der Waals surface area contributed by atoms with Crippen LogP contribution in [-0.2, 0) is 0 Å². The second kappa shape index (κ2) is 5.31. The van der Waals surface area contributed by atoms with Crippen LogP contribution < -0.4 is 10.6 Å². The van der Waals surface area contributed by atoms with E-state index in [-0.39, 0.29) is 19.0 Å². The summed E-state index contributed by atoms with van der Waals surface area (Å²) in [6.07, 6.45) is -2.55. The topological polar surface area (TPSA) is 86.5 Å². The summed E-state index contributed by atoms with van der Waals surface area (Å²) in [6.45, 7) is 0.790. The van der Waals surface area contributed by atoms with Gasteiger partial charge in [-0.15, -0.1) is 0 Å². The smallest absolute Gasteiger partial charge is 0.349 e. The van der Waals surface area contributed by atoms with Crippen molar-refractivity contribution in [3.63, 3.8) is 0 Å². The van der Waals surface area contributed by atoms with Gasteiger partial charge in [0.1, 0.15) is 11.6 Å². The van der Waals surface area contributed by atoms with Gasteiger partial charge in [0.15, 0.2) is 5.65 Å². The van der Waals surface area contributed by atoms with E-state index in [1.807, 2.05) is 0 Å². The van der Waals surface area contributed by atoms with Gasteiger partial charge in [-0.05, 0) is 6.92 Å². The van der Waals surface area contributed by atoms with Gasteiger partial charge in [0, 0.05) is 12.6 Å². The average molecular weight is 273 g/mol. The first-order valence-corrected chi connectivity index (χ1v) is 5.61. The summed E-state index contributed by atoms with van der Waals surface area (Å²) in [6, 6.07) is 1.42. The Bertz CT molecular complexity index is 624. The van der Waals surface area contributed by atoms with Crippen LogP contribution in [0.2, 0.25) is 0 Å². The van der Waals surface area contributed by atoms with Crippen molar-refractivity contribution >= 4 is 11.5 Å². The SMILES string of the molecule is Cc1nc(N(CCO)CC(F)F)cc2n[nH]c(=O)n12. The number of fused-ring (bicyclic) bond motifs is 1. The molecule has 2 rings (SSSR count). The lowest BCUT2D eigenvalue weighted by atomic mass is 10.4. The molecule has 19 heavy (non-hydrogen) atoms. The molecule has 7 nitrogen and oxygen atoms in total. The van der Waals surface area contributed by atoms with Gasteiger partial charge in [0.25, 0.3) is 6.43 Å². The van der Waals surface area contributed by atoms with E-state index in [0.29, 0.717) is 11.5 Å². The molecular weight excluding hydrogens is 260 g/mol. The van der Waals surface area contributed by atoms with Gasteiger partial charge in [-0.3, -0.25) is 0 Å². The highest BCUT2D eigenvalue weighted by Crippen LogP contribution is 2.14. The number of nitrogens with zero attached hydrogens (tertiary/aromatic N) is 4. The molecule has 2 N–H and O–H groups in total. The lowest BCUT2D eigenvalue weighted by Gasteiger charge is -2.22. The fourth-order valence-electron chi connectivity index (χ4n) is 1.83. The summed E-state index contributed by atoms with van der Waals surface area (Å²) >= 11 is 0. The fraction of sp³-hybridized carbons (Fsp3) is 0.500. The van der Waals surface area contributed by atoms with Crippen molar-refractivity contribution < 1.29 is 13.9 Å². The number of alkyl halides is 2. The van der Waals surface area contributed by atoms with Crippen molar-refractivity contribution in [1.29, 1.82) is 0 Å². The molecule has 2 aromatic heterocycles. The molecule has 0 radical (unpaired) electrons. The molecule has 0 bridgehead atoms. The Morgan fingerprint density at radius 2 is 2.32 bits per heavy atom. The summed E-state index contributed by atoms with van der Waals surface area (Å²) in [5.74, 6) is 0.585. The predicted octanol–water partition coefficient (Wildman–Crippen LogP) is -0.210. The molecule has 0 aliphatic rings. The Hall–Kier alpha value is -2.03. The number of aliphatic hydroxyl groups is 1. The van der Waals surface area contributed by atoms with Crippen LogP contribution in [0.15, 0.2) is 10.9 Å². The summed E-state index contributed by atoms with van der Waals surface area (Å²) in [4.78, 5) is 16.8. The molecule has 0 atom stereocenters. The standard InChI is InChI=1S/C10H13F2N5O2/c1-6-13-8(16(2-3-18)5-7(11)12)4-9-14-15-10(19)17(6)9/h4,7,18H,2-3,5H2,1H3,(H,15,19). The van der Waals surface area contributed by atoms with Crippen molar-refractivity contribution in [1.82, 2.24) is 19.6 Å². The minimum Gasteiger partial charge on any atom is -0.395 e. The van der Waals surface area contributed by atoms with Gasteiger partial charge in [-0.25, -0.2) is 28.1 Å². The Morgan fingerprint density at radius 1 is 1.58 bits per heavy atom. The van der Waals surface area contributed by atoms with Crippen LogP contribution in [0.5, 0.6) is 0 Å². The molecule has 0 amide bonds. The number of aliphatic hydroxyl groups excluding tert-OH is 1. The number of aromatic nitrogens is 4. The number of nitrogens with one attached hydrogen (secondary N) is 1. The molecule has 2 aromatic rings. The number of halogens is 2. The van der Waals surface area contributed by atoms with Crippen LogP contribution in [0.4, 0.5) is 14.6 Å². The summed E-state index contributed by atoms with van der Waals surface area (Å²) < 4.78 is 26.2. The molecule has 0 aromatic carbocycles. The fourth-order valence-corrected chi connectivity index (χ4v) is 1.83. The van der Waals surface area contributed by atoms with Crippen molar-refractivity contribution in [3.05, 3.63) is 22.4 Å². The average Bonchev–Trinajstić information content (AvgIpc) is 2.70. The zero-order valence-corrected chi connectivity index (χ0v) is 10.2. The maximum Gasteiger partial charge on any atom is 0.349 e. The third kappa shape index (κ3) is 2.70. The Kier molecular flexibility index (Phi) is 3.74. The van der Waals surface area contributed by atoms with Crippen LogP contribution in [0.3, 0.4) is 0 Å². The van der Waals surface area contributed by atoms with Gasteiger partial charge in [-0.1, -0.05) is 0 Å². The monoisotopic (exact) mass is 273 g/mol. The molecule has 9 heteroatoms. The number of hydrogen-bond donors (Lipinski definition) is 2. The lowest BCUT2D eigenvalue weighted by molar-refractivity contribution is 0.152. The maximum atomic E-state index is 12.5. The quantitative estimate of drug-likeness (QED) is 0.787. The third-order valence-electron chi connectivity index (χ3n) is 2.61. The molecule has 0 spiro atoms. The van der Waals surface area contributed by atoms with E-state index in [4.69, 9.17) is 5.11 Å². The second-order valence-corrected chi connectivity index (χ2v) is 3.94. The van der Waals surface area contributed by atoms with E-state index >= 15 is 0 Å². The highest BCUT2D eigenvalue weighted by atomic mass is 19.3. The van der Waals surface area contributed by atoms with Gasteiger partial charge < -0.3 is 10.0 Å². The number of H-pyrrole nitrogens is 1. The van der Waals surface area contributed by atoms with E-state index in [1.54, 1.807) is 6.92 Å². The molecular formula is C10H13F2N5O2. The van der Waals surface area contributed by atoms with Gasteiger partial charge >= 0.3 is 5.69 Å². The number of aromatic amines is 1. The van der Waals surface area contributed by atoms with Crippen molar-refractivity contribution in [2.24, 2.45) is 0 Å².